The van der Waals surface area contributed by atoms with Crippen LogP contribution in [-0.4, -0.2) is 50.8 Å². The van der Waals surface area contributed by atoms with Crippen LogP contribution in [0.25, 0.3) is 0 Å². The van der Waals surface area contributed by atoms with Gasteiger partial charge < -0.3 is 0 Å². The summed E-state index contributed by atoms with van der Waals surface area (Å²) in [5.41, 5.74) is 3.73. The van der Waals surface area contributed by atoms with E-state index in [4.69, 9.17) is 4.76 Å². The second-order valence-electron chi connectivity index (χ2n) is 9.30. The van der Waals surface area contributed by atoms with Gasteiger partial charge in [0.05, 0.1) is 0 Å². The van der Waals surface area contributed by atoms with Crippen molar-refractivity contribution in [3.8, 4) is 0 Å². The molecule has 36 heavy (non-hydrogen) atoms. The summed E-state index contributed by atoms with van der Waals surface area (Å²) < 4.78 is 3.75. The number of hydrogen-bond donors (Lipinski definition) is 1. The van der Waals surface area contributed by atoms with Gasteiger partial charge in [-0.2, -0.15) is 0 Å². The van der Waals surface area contributed by atoms with Gasteiger partial charge in [-0.3, -0.25) is 0 Å². The van der Waals surface area contributed by atoms with Crippen LogP contribution < -0.4 is 15.9 Å². The molecule has 190 valence electrons. The molecule has 2 unspecified atom stereocenters. The van der Waals surface area contributed by atoms with Crippen LogP contribution >= 0.6 is 9.43 Å². The molecule has 0 spiro atoms. The van der Waals surface area contributed by atoms with Gasteiger partial charge in [0.1, 0.15) is 0 Å². The molecule has 0 saturated carbocycles. The molecule has 4 rings (SSSR count). The number of hydrogen-bond acceptors (Lipinski definition) is 2. The zero-order valence-electron chi connectivity index (χ0n) is 21.0. The van der Waals surface area contributed by atoms with Gasteiger partial charge in [0.2, 0.25) is 0 Å². The molecule has 0 aromatic heterocycles. The van der Waals surface area contributed by atoms with Crippen LogP contribution in [0.3, 0.4) is 0 Å². The van der Waals surface area contributed by atoms with Gasteiger partial charge in [-0.25, -0.2) is 0 Å². The van der Waals surface area contributed by atoms with E-state index in [9.17, 15) is 0 Å². The van der Waals surface area contributed by atoms with E-state index in [1.54, 1.807) is 0 Å². The van der Waals surface area contributed by atoms with Crippen LogP contribution in [-0.2, 0) is 6.42 Å². The first-order valence-electron chi connectivity index (χ1n) is 13.0. The van der Waals surface area contributed by atoms with Gasteiger partial charge in [-0.05, 0) is 0 Å². The van der Waals surface area contributed by atoms with Gasteiger partial charge in [-0.15, -0.1) is 0 Å². The third-order valence-electron chi connectivity index (χ3n) is 6.44. The Hall–Kier alpha value is -0.452. The Morgan fingerprint density at radius 3 is 1.86 bits per heavy atom. The molecular weight excluding hydrogens is 675 g/mol. The van der Waals surface area contributed by atoms with Crippen molar-refractivity contribution in [1.82, 2.24) is 0 Å². The Morgan fingerprint density at radius 1 is 0.694 bits per heavy atom. The van der Waals surface area contributed by atoms with Gasteiger partial charge in [0, 0.05) is 0 Å². The summed E-state index contributed by atoms with van der Waals surface area (Å²) in [4.78, 5) is -1.71. The molecule has 1 N–H and O–H groups in total. The van der Waals surface area contributed by atoms with Crippen LogP contribution in [0.5, 0.6) is 0 Å². The second kappa shape index (κ2) is 14.1. The molecule has 1 aliphatic heterocycles. The van der Waals surface area contributed by atoms with Gasteiger partial charge in [0.25, 0.3) is 0 Å². The van der Waals surface area contributed by atoms with Crippen molar-refractivity contribution < 1.29 is 0 Å². The monoisotopic (exact) mass is 714 g/mol. The zero-order chi connectivity index (χ0) is 25.3. The molecule has 0 aliphatic carbocycles. The molecule has 7 heteroatoms. The van der Waals surface area contributed by atoms with Gasteiger partial charge in [-0.1, -0.05) is 32.6 Å². The van der Waals surface area contributed by atoms with E-state index in [0.717, 1.165) is 11.3 Å². The molecule has 0 bridgehead atoms. The number of nitrogens with one attached hydrogen (secondary N) is 1. The quantitative estimate of drug-likeness (QED) is 0.118. The fourth-order valence-corrected chi connectivity index (χ4v) is 57.5. The van der Waals surface area contributed by atoms with Crippen molar-refractivity contribution in [2.24, 2.45) is 4.76 Å². The Morgan fingerprint density at radius 2 is 1.25 bits per heavy atom. The fraction of sp³-hybridized carbons (Fsp3) is 0.345. The Kier molecular flexibility index (Phi) is 11.2. The normalized spacial score (nSPS) is 21.4. The fourth-order valence-electron chi connectivity index (χ4n) is 4.36. The van der Waals surface area contributed by atoms with Crippen molar-refractivity contribution in [1.29, 1.82) is 0 Å². The Labute approximate surface area is 240 Å². The number of unbranched alkanes of at least 4 members (excludes halogenated alkanes) is 7. The summed E-state index contributed by atoms with van der Waals surface area (Å²) in [5, 5.41) is 6.53. The van der Waals surface area contributed by atoms with Crippen LogP contribution in [0.15, 0.2) is 89.7 Å². The van der Waals surface area contributed by atoms with Crippen molar-refractivity contribution in [2.75, 3.05) is 5.32 Å². The number of rotatable bonds is 12. The van der Waals surface area contributed by atoms with Crippen LogP contribution in [0.4, 0.5) is 5.69 Å². The minimum atomic E-state index is -1.71. The van der Waals surface area contributed by atoms with E-state index < -0.39 is 9.43 Å². The average molecular weight is 711 g/mol. The van der Waals surface area contributed by atoms with E-state index in [0.29, 0.717) is 14.1 Å². The van der Waals surface area contributed by atoms with Crippen molar-refractivity contribution in [3.05, 3.63) is 90.5 Å². The first-order chi connectivity index (χ1) is 17.5. The van der Waals surface area contributed by atoms with Crippen molar-refractivity contribution >= 4 is 76.5 Å². The summed E-state index contributed by atoms with van der Waals surface area (Å²) in [6.07, 6.45) is 12.1. The Balaban J connectivity index is 1.42. The number of nitrogens with zero attached hydrogens (tertiary/aromatic N) is 1. The summed E-state index contributed by atoms with van der Waals surface area (Å²) >= 11 is 7.59. The maximum atomic E-state index is 5.44. The summed E-state index contributed by atoms with van der Waals surface area (Å²) in [6, 6.07) is 30.9. The van der Waals surface area contributed by atoms with E-state index in [2.05, 4.69) is 128 Å². The van der Waals surface area contributed by atoms with Crippen LogP contribution in [0.2, 0.25) is 0 Å². The Bertz CT molecular complexity index is 1110. The first kappa shape index (κ1) is 28.6. The second-order valence-corrected chi connectivity index (χ2v) is 37.4. The van der Waals surface area contributed by atoms with Crippen molar-refractivity contribution in [2.45, 2.75) is 64.7 Å². The number of benzene rings is 3. The molecule has 2 nitrogen and oxygen atoms in total. The SMILES string of the molecule is CCCCCCCCCCc1ccc(NC2=N[P+]([Se-])(c3ccccc3)[Se][P+]2([Se-])c2ccccc2)cc1. The summed E-state index contributed by atoms with van der Waals surface area (Å²) in [6.45, 7) is 2.28. The predicted molar refractivity (Wildman–Crippen MR) is 167 cm³/mol. The van der Waals surface area contributed by atoms with Gasteiger partial charge >= 0.3 is 209 Å². The topological polar surface area (TPSA) is 24.4 Å². The molecule has 1 heterocycles. The van der Waals surface area contributed by atoms with Crippen LogP contribution in [0, 0.1) is 0 Å². The third-order valence-corrected chi connectivity index (χ3v) is 41.7. The van der Waals surface area contributed by atoms with Crippen LogP contribution in [0.1, 0.15) is 63.9 Å². The third kappa shape index (κ3) is 7.56. The van der Waals surface area contributed by atoms with E-state index in [1.165, 1.54) is 74.0 Å². The molecule has 0 fully saturated rings. The number of anilines is 1. The molecule has 0 saturated heterocycles. The van der Waals surface area contributed by atoms with Crippen molar-refractivity contribution in [3.63, 3.8) is 0 Å². The molecular formula is C29H36N2P2Se3. The number of amidine groups is 1. The average Bonchev–Trinajstić information content (AvgIpc) is 3.19. The predicted octanol–water partition coefficient (Wildman–Crippen LogP) is 7.45. The first-order valence-corrected chi connectivity index (χ1v) is 25.4. The summed E-state index contributed by atoms with van der Waals surface area (Å²) in [7, 11) is 0. The van der Waals surface area contributed by atoms with E-state index in [1.807, 2.05) is 0 Å². The molecule has 0 radical (unpaired) electrons. The molecule has 3 aromatic rings. The summed E-state index contributed by atoms with van der Waals surface area (Å²) in [5.74, 6) is 0. The maximum absolute atomic E-state index is 5.44. The zero-order valence-corrected chi connectivity index (χ0v) is 27.9. The van der Waals surface area contributed by atoms with E-state index in [-0.39, 0.29) is 0 Å². The minimum absolute atomic E-state index is 0.321. The van der Waals surface area contributed by atoms with E-state index >= 15 is 0 Å². The standard InChI is InChI=1S/C29H36N2P2Se3/c1-2-3-4-5-6-7-8-11-16-25-21-23-26(24-22-25)30-29-31-33(35,28-19-14-10-15-20-28)36-32(29,34)27-17-12-9-13-18-27/h9-10,12-15,17-24H,2-8,11,16H2,1H3,(H,30,31,35). The molecule has 3 aromatic carbocycles. The van der Waals surface area contributed by atoms with Gasteiger partial charge in [0.15, 0.2) is 0 Å². The molecule has 2 atom stereocenters. The molecule has 0 amide bonds. The molecule has 1 aliphatic rings. The number of aryl methyl sites for hydroxylation is 1.